The highest BCUT2D eigenvalue weighted by molar-refractivity contribution is 5.89. The number of ether oxygens (including phenoxy) is 5. The predicted octanol–water partition coefficient (Wildman–Crippen LogP) is 3.10. The summed E-state index contributed by atoms with van der Waals surface area (Å²) in [6, 6.07) is 5.38. The molecule has 0 atom stereocenters. The minimum absolute atomic E-state index is 0.0395. The van der Waals surface area contributed by atoms with Gasteiger partial charge in [0.1, 0.15) is 12.3 Å². The van der Waals surface area contributed by atoms with Crippen molar-refractivity contribution < 1.29 is 47.8 Å². The number of benzene rings is 2. The summed E-state index contributed by atoms with van der Waals surface area (Å²) < 4.78 is 25.1. The monoisotopic (exact) mass is 708 g/mol. The maximum absolute atomic E-state index is 11.9. The highest BCUT2D eigenvalue weighted by Crippen LogP contribution is 2.35. The van der Waals surface area contributed by atoms with Gasteiger partial charge in [-0.05, 0) is 17.3 Å². The van der Waals surface area contributed by atoms with E-state index in [1.807, 2.05) is 28.2 Å². The molecule has 0 bridgehead atoms. The second kappa shape index (κ2) is 23.9. The van der Waals surface area contributed by atoms with Gasteiger partial charge in [0, 0.05) is 68.0 Å². The van der Waals surface area contributed by atoms with Gasteiger partial charge in [-0.25, -0.2) is 4.79 Å². The van der Waals surface area contributed by atoms with Crippen LogP contribution in [0.15, 0.2) is 34.4 Å². The molecule has 0 aliphatic heterocycles. The van der Waals surface area contributed by atoms with Gasteiger partial charge in [-0.1, -0.05) is 0 Å². The highest BCUT2D eigenvalue weighted by Gasteiger charge is 2.21. The zero-order valence-corrected chi connectivity index (χ0v) is 30.1. The maximum atomic E-state index is 11.9. The summed E-state index contributed by atoms with van der Waals surface area (Å²) in [5.74, 6) is 2.17. The molecule has 2 aromatic carbocycles. The molecule has 0 radical (unpaired) electrons. The van der Waals surface area contributed by atoms with Crippen molar-refractivity contribution in [2.24, 2.45) is 10.2 Å². The molecule has 1 amide bonds. The first kappa shape index (κ1) is 45.8. The fraction of sp³-hybridized carbons (Fsp3) is 0.433. The van der Waals surface area contributed by atoms with Crippen molar-refractivity contribution in [3.8, 4) is 23.0 Å². The normalized spacial score (nSPS) is 9.04. The van der Waals surface area contributed by atoms with E-state index < -0.39 is 11.0 Å². The average Bonchev–Trinajstić information content (AvgIpc) is 3.08. The fourth-order valence-corrected chi connectivity index (χ4v) is 3.51. The van der Waals surface area contributed by atoms with E-state index >= 15 is 0 Å². The molecule has 0 saturated carbocycles. The molecule has 0 heterocycles. The molecular weight excluding hydrogens is 664 g/mol. The molecule has 0 unspecified atom stereocenters. The van der Waals surface area contributed by atoms with E-state index in [1.54, 1.807) is 47.8 Å². The maximum Gasteiger partial charge on any atom is 0.437 e. The van der Waals surface area contributed by atoms with Gasteiger partial charge >= 0.3 is 12.2 Å². The lowest BCUT2D eigenvalue weighted by Gasteiger charge is -2.21. The van der Waals surface area contributed by atoms with Crippen molar-refractivity contribution in [2.75, 3.05) is 84.8 Å². The van der Waals surface area contributed by atoms with Crippen molar-refractivity contribution >= 4 is 41.8 Å². The molecular formula is C30H44N8O12. The minimum Gasteiger partial charge on any atom is -0.493 e. The second-order valence-corrected chi connectivity index (χ2v) is 10.0. The molecule has 0 fully saturated rings. The van der Waals surface area contributed by atoms with Crippen molar-refractivity contribution in [3.05, 3.63) is 50.4 Å². The molecule has 2 aromatic rings. The van der Waals surface area contributed by atoms with E-state index in [-0.39, 0.29) is 41.0 Å². The molecule has 0 spiro atoms. The minimum atomic E-state index is -0.860. The highest BCUT2D eigenvalue weighted by atomic mass is 16.6. The van der Waals surface area contributed by atoms with Gasteiger partial charge in [0.25, 0.3) is 5.69 Å². The van der Waals surface area contributed by atoms with Gasteiger partial charge in [0.05, 0.1) is 45.0 Å². The molecule has 0 aliphatic rings. The van der Waals surface area contributed by atoms with Crippen LogP contribution in [-0.4, -0.2) is 140 Å². The Morgan fingerprint density at radius 2 is 1.24 bits per heavy atom. The number of carbonyl (C=O) groups is 2. The lowest BCUT2D eigenvalue weighted by molar-refractivity contribution is -0.385. The quantitative estimate of drug-likeness (QED) is 0.0983. The Balaban J connectivity index is 0. The summed E-state index contributed by atoms with van der Waals surface area (Å²) in [5.41, 5.74) is 0.146. The Morgan fingerprint density at radius 1 is 0.820 bits per heavy atom. The average molecular weight is 709 g/mol. The van der Waals surface area contributed by atoms with Crippen LogP contribution < -0.4 is 18.9 Å². The number of hydrogen-bond donors (Lipinski definition) is 1. The van der Waals surface area contributed by atoms with Gasteiger partial charge in [-0.2, -0.15) is 9.59 Å². The van der Waals surface area contributed by atoms with E-state index in [0.29, 0.717) is 35.5 Å². The summed E-state index contributed by atoms with van der Waals surface area (Å²) in [4.78, 5) is 70.3. The van der Waals surface area contributed by atoms with Crippen LogP contribution in [0.3, 0.4) is 0 Å². The number of nitro groups is 1. The Kier molecular flexibility index (Phi) is 21.9. The third-order valence-electron chi connectivity index (χ3n) is 5.73. The number of guanidine groups is 2. The molecule has 20 heteroatoms. The van der Waals surface area contributed by atoms with Gasteiger partial charge in [-0.3, -0.25) is 20.3 Å². The molecule has 2 rings (SSSR count). The Labute approximate surface area is 289 Å². The van der Waals surface area contributed by atoms with Crippen molar-refractivity contribution in [1.29, 1.82) is 5.41 Å². The van der Waals surface area contributed by atoms with E-state index in [4.69, 9.17) is 38.7 Å². The van der Waals surface area contributed by atoms with E-state index in [9.17, 15) is 24.6 Å². The van der Waals surface area contributed by atoms with Crippen LogP contribution in [0.5, 0.6) is 23.0 Å². The number of aldehydes is 1. The van der Waals surface area contributed by atoms with Crippen LogP contribution in [0.25, 0.3) is 0 Å². The lowest BCUT2D eigenvalue weighted by Crippen LogP contribution is -2.36. The molecule has 1 N–H and O–H groups in total. The van der Waals surface area contributed by atoms with Crippen LogP contribution in [0.1, 0.15) is 15.9 Å². The summed E-state index contributed by atoms with van der Waals surface area (Å²) in [6.45, 7) is -0.326. The van der Waals surface area contributed by atoms with Crippen LogP contribution in [0, 0.1) is 20.4 Å². The zero-order valence-electron chi connectivity index (χ0n) is 30.1. The lowest BCUT2D eigenvalue weighted by atomic mass is 10.1. The molecule has 276 valence electrons. The number of methoxy groups -OCH3 is 4. The number of amides is 1. The number of carbonyl (C=O) groups excluding carboxylic acids is 4. The summed E-state index contributed by atoms with van der Waals surface area (Å²) >= 11 is 0. The van der Waals surface area contributed by atoms with Gasteiger partial charge in [0.15, 0.2) is 35.2 Å². The Bertz CT molecular complexity index is 1450. The number of nitrogens with one attached hydrogen (secondary N) is 1. The van der Waals surface area contributed by atoms with Gasteiger partial charge in [0.2, 0.25) is 5.96 Å². The first-order valence-corrected chi connectivity index (χ1v) is 13.9. The topological polar surface area (TPSA) is 236 Å². The standard InChI is InChI=1S/C15H22N4O6.C9H9NO4.C5H13N3.CO2/c1-17(2)14(18(3)4)16-15(20)25-9-10-7-12(23-5)13(24-6)8-11(10)19(21)22;1-13-8-3-6(5-11)7(10-12)4-9(8)14-2;1-7(2)5(6)8(3)4;2-1-3/h7-8H,9H2,1-6H3;3-5H,1-2H3;6H,1-4H3;. The number of nitrogens with zero attached hydrogens (tertiary/aromatic N) is 7. The number of nitro benzene ring substituents is 1. The van der Waals surface area contributed by atoms with E-state index in [1.165, 1.54) is 52.7 Å². The number of nitroso groups, excluding NO2 is 1. The molecule has 0 aromatic heterocycles. The Morgan fingerprint density at radius 3 is 1.58 bits per heavy atom. The van der Waals surface area contributed by atoms with Crippen molar-refractivity contribution in [3.63, 3.8) is 0 Å². The fourth-order valence-electron chi connectivity index (χ4n) is 3.51. The van der Waals surface area contributed by atoms with Crippen LogP contribution in [-0.2, 0) is 20.9 Å². The molecule has 0 saturated heterocycles. The predicted molar refractivity (Wildman–Crippen MR) is 182 cm³/mol. The SMILES string of the molecule is CN(C)C(=N)N(C)C.COc1cc(C=O)c(N=O)cc1OC.COc1cc(COC(=O)N=C(N(C)C)N(C)C)c([N+](=O)[O-])cc1OC.O=C=O. The van der Waals surface area contributed by atoms with Gasteiger partial charge < -0.3 is 43.3 Å². The smallest absolute Gasteiger partial charge is 0.437 e. The van der Waals surface area contributed by atoms with E-state index in [2.05, 4.69) is 10.2 Å². The summed E-state index contributed by atoms with van der Waals surface area (Å²) in [6.07, 6.45) is -0.0694. The summed E-state index contributed by atoms with van der Waals surface area (Å²) in [7, 11) is 20.0. The van der Waals surface area contributed by atoms with Crippen LogP contribution >= 0.6 is 0 Å². The van der Waals surface area contributed by atoms with Crippen molar-refractivity contribution in [2.45, 2.75) is 6.61 Å². The largest absolute Gasteiger partial charge is 0.493 e. The first-order chi connectivity index (χ1) is 23.4. The second-order valence-electron chi connectivity index (χ2n) is 10.0. The third kappa shape index (κ3) is 15.5. The van der Waals surface area contributed by atoms with Crippen LogP contribution in [0.4, 0.5) is 16.2 Å². The van der Waals surface area contributed by atoms with Gasteiger partial charge in [-0.15, -0.1) is 9.90 Å². The third-order valence-corrected chi connectivity index (χ3v) is 5.73. The first-order valence-electron chi connectivity index (χ1n) is 13.9. The molecule has 0 aliphatic carbocycles. The zero-order chi connectivity index (χ0) is 39.1. The summed E-state index contributed by atoms with van der Waals surface area (Å²) in [5, 5.41) is 21.2. The van der Waals surface area contributed by atoms with E-state index in [0.717, 1.165) is 0 Å². The Hall–Kier alpha value is -6.30. The number of hydrogen-bond acceptors (Lipinski definition) is 14. The van der Waals surface area contributed by atoms with Crippen molar-refractivity contribution in [1.82, 2.24) is 19.6 Å². The number of rotatable bonds is 9. The number of aliphatic imine (C=N–C) groups is 1. The molecule has 50 heavy (non-hydrogen) atoms. The van der Waals surface area contributed by atoms with Crippen LogP contribution in [0.2, 0.25) is 0 Å². The molecule has 20 nitrogen and oxygen atoms in total.